The lowest BCUT2D eigenvalue weighted by Crippen LogP contribution is -2.47. The summed E-state index contributed by atoms with van der Waals surface area (Å²) in [5.74, 6) is 0.547. The third-order valence-electron chi connectivity index (χ3n) is 6.30. The van der Waals surface area contributed by atoms with E-state index in [0.29, 0.717) is 30.9 Å². The van der Waals surface area contributed by atoms with Gasteiger partial charge in [0.2, 0.25) is 0 Å². The van der Waals surface area contributed by atoms with Crippen LogP contribution in [0.25, 0.3) is 11.2 Å². The number of para-hydroxylation sites is 1. The van der Waals surface area contributed by atoms with Crippen molar-refractivity contribution in [1.29, 1.82) is 0 Å². The summed E-state index contributed by atoms with van der Waals surface area (Å²) in [6, 6.07) is 12.0. The highest BCUT2D eigenvalue weighted by atomic mass is 16.2. The van der Waals surface area contributed by atoms with E-state index in [0.717, 1.165) is 22.6 Å². The lowest BCUT2D eigenvalue weighted by molar-refractivity contribution is 0.0932. The highest BCUT2D eigenvalue weighted by molar-refractivity contribution is 5.92. The van der Waals surface area contributed by atoms with Gasteiger partial charge in [0.25, 0.3) is 5.91 Å². The zero-order valence-corrected chi connectivity index (χ0v) is 20.8. The predicted molar refractivity (Wildman–Crippen MR) is 136 cm³/mol. The van der Waals surface area contributed by atoms with Gasteiger partial charge in [-0.05, 0) is 35.6 Å². The molecule has 3 aromatic heterocycles. The number of imidazole rings is 2. The van der Waals surface area contributed by atoms with Crippen LogP contribution >= 0.6 is 0 Å². The van der Waals surface area contributed by atoms with Gasteiger partial charge in [-0.25, -0.2) is 14.8 Å². The van der Waals surface area contributed by atoms with Gasteiger partial charge in [-0.15, -0.1) is 0 Å². The molecular formula is C26H31N7O2. The molecule has 1 aliphatic rings. The standard InChI is InChI=1S/C26H31N7O2/c1-26(2,3)15-33-21-10-11-22(29-23(21)31(5)25(33)35)32-13-18(12-17-8-6-7-9-20(17)32)28-24(34)19-14-30(4)16-27-19/h6-11,14,16,18H,12-13,15H2,1-5H3,(H,28,34). The second-order valence-corrected chi connectivity index (χ2v) is 10.5. The first-order valence-electron chi connectivity index (χ1n) is 11.8. The van der Waals surface area contributed by atoms with Gasteiger partial charge in [0.1, 0.15) is 11.5 Å². The summed E-state index contributed by atoms with van der Waals surface area (Å²) in [5.41, 5.74) is 3.94. The zero-order chi connectivity index (χ0) is 24.9. The monoisotopic (exact) mass is 473 g/mol. The average molecular weight is 474 g/mol. The maximum atomic E-state index is 13.0. The fourth-order valence-electron chi connectivity index (χ4n) is 4.74. The first kappa shape index (κ1) is 22.9. The van der Waals surface area contributed by atoms with Crippen LogP contribution in [0.4, 0.5) is 11.5 Å². The number of nitrogens with zero attached hydrogens (tertiary/aromatic N) is 6. The number of rotatable bonds is 4. The van der Waals surface area contributed by atoms with Gasteiger partial charge in [-0.1, -0.05) is 39.0 Å². The maximum absolute atomic E-state index is 13.0. The Kier molecular flexibility index (Phi) is 5.50. The number of nitrogens with one attached hydrogen (secondary N) is 1. The number of anilines is 2. The molecule has 182 valence electrons. The summed E-state index contributed by atoms with van der Waals surface area (Å²) in [6.45, 7) is 7.52. The van der Waals surface area contributed by atoms with E-state index in [1.807, 2.05) is 31.3 Å². The number of benzene rings is 1. The Bertz CT molecular complexity index is 1470. The molecule has 1 unspecified atom stereocenters. The molecule has 0 bridgehead atoms. The van der Waals surface area contributed by atoms with Crippen molar-refractivity contribution in [2.75, 3.05) is 11.4 Å². The number of fused-ring (bicyclic) bond motifs is 2. The largest absolute Gasteiger partial charge is 0.346 e. The number of amides is 1. The summed E-state index contributed by atoms with van der Waals surface area (Å²) in [6.07, 6.45) is 4.04. The van der Waals surface area contributed by atoms with Crippen molar-refractivity contribution in [2.45, 2.75) is 39.8 Å². The van der Waals surface area contributed by atoms with Crippen molar-refractivity contribution in [1.82, 2.24) is 29.0 Å². The minimum Gasteiger partial charge on any atom is -0.346 e. The van der Waals surface area contributed by atoms with E-state index < -0.39 is 0 Å². The molecule has 0 fully saturated rings. The van der Waals surface area contributed by atoms with Crippen LogP contribution in [0.15, 0.2) is 53.7 Å². The Morgan fingerprint density at radius 3 is 2.63 bits per heavy atom. The smallest absolute Gasteiger partial charge is 0.330 e. The van der Waals surface area contributed by atoms with Gasteiger partial charge >= 0.3 is 5.69 Å². The molecule has 35 heavy (non-hydrogen) atoms. The van der Waals surface area contributed by atoms with Gasteiger partial charge in [0, 0.05) is 39.1 Å². The molecule has 0 spiro atoms. The molecule has 1 aromatic carbocycles. The minimum atomic E-state index is -0.194. The SMILES string of the molecule is Cn1cnc(C(=O)NC2Cc3ccccc3N(c3ccc4c(n3)n(C)c(=O)n4CC(C)(C)C)C2)c1. The number of aromatic nitrogens is 5. The van der Waals surface area contributed by atoms with Crippen molar-refractivity contribution in [3.63, 3.8) is 0 Å². The first-order valence-corrected chi connectivity index (χ1v) is 11.8. The Morgan fingerprint density at radius 1 is 1.14 bits per heavy atom. The highest BCUT2D eigenvalue weighted by Gasteiger charge is 2.28. The molecule has 9 heteroatoms. The second-order valence-electron chi connectivity index (χ2n) is 10.5. The number of hydrogen-bond acceptors (Lipinski definition) is 5. The van der Waals surface area contributed by atoms with Crippen molar-refractivity contribution < 1.29 is 4.79 Å². The number of carbonyl (C=O) groups is 1. The van der Waals surface area contributed by atoms with Crippen molar-refractivity contribution in [2.24, 2.45) is 19.5 Å². The Labute approximate surface area is 204 Å². The van der Waals surface area contributed by atoms with Crippen LogP contribution in [-0.4, -0.2) is 42.2 Å². The Morgan fingerprint density at radius 2 is 1.91 bits per heavy atom. The molecule has 9 nitrogen and oxygen atoms in total. The van der Waals surface area contributed by atoms with E-state index in [2.05, 4.69) is 48.1 Å². The van der Waals surface area contributed by atoms with E-state index in [-0.39, 0.29) is 23.1 Å². The fourth-order valence-corrected chi connectivity index (χ4v) is 4.74. The highest BCUT2D eigenvalue weighted by Crippen LogP contribution is 2.33. The van der Waals surface area contributed by atoms with E-state index in [9.17, 15) is 9.59 Å². The van der Waals surface area contributed by atoms with Crippen LogP contribution < -0.4 is 15.9 Å². The van der Waals surface area contributed by atoms with Crippen LogP contribution in [0.2, 0.25) is 0 Å². The van der Waals surface area contributed by atoms with Gasteiger partial charge in [-0.3, -0.25) is 13.9 Å². The number of carbonyl (C=O) groups excluding carboxylic acids is 1. The van der Waals surface area contributed by atoms with Crippen LogP contribution in [0.3, 0.4) is 0 Å². The fraction of sp³-hybridized carbons (Fsp3) is 0.385. The minimum absolute atomic E-state index is 0.0400. The zero-order valence-electron chi connectivity index (χ0n) is 20.8. The van der Waals surface area contributed by atoms with Gasteiger partial charge in [-0.2, -0.15) is 0 Å². The Hall–Kier alpha value is -3.88. The van der Waals surface area contributed by atoms with Gasteiger partial charge in [0.05, 0.1) is 17.9 Å². The quantitative estimate of drug-likeness (QED) is 0.492. The molecule has 4 heterocycles. The van der Waals surface area contributed by atoms with E-state index in [1.165, 1.54) is 0 Å². The molecule has 0 aliphatic carbocycles. The third kappa shape index (κ3) is 4.34. The van der Waals surface area contributed by atoms with Crippen LogP contribution in [-0.2, 0) is 27.1 Å². The van der Waals surface area contributed by atoms with E-state index in [4.69, 9.17) is 4.98 Å². The molecular weight excluding hydrogens is 442 g/mol. The number of hydrogen-bond donors (Lipinski definition) is 1. The van der Waals surface area contributed by atoms with E-state index >= 15 is 0 Å². The molecule has 0 radical (unpaired) electrons. The predicted octanol–water partition coefficient (Wildman–Crippen LogP) is 3.01. The summed E-state index contributed by atoms with van der Waals surface area (Å²) >= 11 is 0. The molecule has 4 aromatic rings. The average Bonchev–Trinajstić information content (AvgIpc) is 3.35. The lowest BCUT2D eigenvalue weighted by Gasteiger charge is -2.35. The summed E-state index contributed by atoms with van der Waals surface area (Å²) < 4.78 is 5.17. The number of aryl methyl sites for hydroxylation is 2. The van der Waals surface area contributed by atoms with Crippen LogP contribution in [0, 0.1) is 5.41 Å². The van der Waals surface area contributed by atoms with E-state index in [1.54, 1.807) is 33.3 Å². The maximum Gasteiger partial charge on any atom is 0.330 e. The van der Waals surface area contributed by atoms with Crippen LogP contribution in [0.1, 0.15) is 36.8 Å². The first-order chi connectivity index (χ1) is 16.6. The van der Waals surface area contributed by atoms with Gasteiger partial charge < -0.3 is 14.8 Å². The van der Waals surface area contributed by atoms with Crippen molar-refractivity contribution in [3.05, 3.63) is 70.7 Å². The van der Waals surface area contributed by atoms with Crippen molar-refractivity contribution in [3.8, 4) is 0 Å². The molecule has 0 saturated heterocycles. The molecule has 5 rings (SSSR count). The summed E-state index contributed by atoms with van der Waals surface area (Å²) in [7, 11) is 3.60. The molecule has 1 N–H and O–H groups in total. The molecule has 1 aliphatic heterocycles. The normalized spacial score (nSPS) is 15.9. The summed E-state index contributed by atoms with van der Waals surface area (Å²) in [5, 5.41) is 3.13. The molecule has 1 atom stereocenters. The van der Waals surface area contributed by atoms with Crippen LogP contribution in [0.5, 0.6) is 0 Å². The van der Waals surface area contributed by atoms with Crippen molar-refractivity contribution >= 4 is 28.6 Å². The third-order valence-corrected chi connectivity index (χ3v) is 6.30. The second kappa shape index (κ2) is 8.41. The Balaban J connectivity index is 1.51. The molecule has 1 amide bonds. The molecule has 0 saturated carbocycles. The number of pyridine rings is 1. The van der Waals surface area contributed by atoms with Gasteiger partial charge in [0.15, 0.2) is 5.65 Å². The lowest BCUT2D eigenvalue weighted by atomic mass is 9.97. The topological polar surface area (TPSA) is 90.0 Å². The summed E-state index contributed by atoms with van der Waals surface area (Å²) in [4.78, 5) is 37.0.